The van der Waals surface area contributed by atoms with Gasteiger partial charge >= 0.3 is 0 Å². The van der Waals surface area contributed by atoms with Gasteiger partial charge in [0, 0.05) is 12.6 Å². The minimum absolute atomic E-state index is 0.250. The van der Waals surface area contributed by atoms with E-state index in [2.05, 4.69) is 5.32 Å². The highest BCUT2D eigenvalue weighted by atomic mass is 16.5. The molecule has 1 rings (SSSR count). The number of hydrogen-bond donors (Lipinski definition) is 2. The van der Waals surface area contributed by atoms with E-state index in [1.54, 1.807) is 7.11 Å². The van der Waals surface area contributed by atoms with Crippen LogP contribution in [0, 0.1) is 0 Å². The van der Waals surface area contributed by atoms with Gasteiger partial charge in [-0.3, -0.25) is 0 Å². The van der Waals surface area contributed by atoms with Crippen molar-refractivity contribution in [3.8, 4) is 11.5 Å². The van der Waals surface area contributed by atoms with Crippen LogP contribution in [0.25, 0.3) is 0 Å². The summed E-state index contributed by atoms with van der Waals surface area (Å²) in [7, 11) is 1.60. The van der Waals surface area contributed by atoms with E-state index in [0.29, 0.717) is 24.1 Å². The van der Waals surface area contributed by atoms with Crippen molar-refractivity contribution in [2.24, 2.45) is 0 Å². The van der Waals surface area contributed by atoms with Crippen LogP contribution >= 0.6 is 0 Å². The Hall–Kier alpha value is -1.26. The average molecular weight is 239 g/mol. The number of aliphatic hydroxyl groups is 1. The molecule has 2 N–H and O–H groups in total. The van der Waals surface area contributed by atoms with Gasteiger partial charge in [0.15, 0.2) is 11.5 Å². The van der Waals surface area contributed by atoms with Crippen molar-refractivity contribution in [1.82, 2.24) is 5.32 Å². The number of para-hydroxylation sites is 2. The van der Waals surface area contributed by atoms with Gasteiger partial charge in [0.2, 0.25) is 0 Å². The van der Waals surface area contributed by atoms with E-state index in [0.717, 1.165) is 0 Å². The number of methoxy groups -OCH3 is 1. The van der Waals surface area contributed by atoms with Gasteiger partial charge < -0.3 is 19.9 Å². The molecule has 0 fully saturated rings. The van der Waals surface area contributed by atoms with Crippen LogP contribution in [0.15, 0.2) is 24.3 Å². The number of aliphatic hydroxyl groups excluding tert-OH is 1. The monoisotopic (exact) mass is 239 g/mol. The maximum absolute atomic E-state index is 9.69. The molecule has 0 aliphatic rings. The molecular formula is C13H21NO3. The first-order chi connectivity index (χ1) is 8.13. The second-order valence-corrected chi connectivity index (χ2v) is 4.18. The van der Waals surface area contributed by atoms with Crippen molar-refractivity contribution in [2.45, 2.75) is 26.0 Å². The van der Waals surface area contributed by atoms with E-state index in [-0.39, 0.29) is 6.61 Å². The summed E-state index contributed by atoms with van der Waals surface area (Å²) in [6.07, 6.45) is -0.526. The van der Waals surface area contributed by atoms with Crippen LogP contribution in [0.5, 0.6) is 11.5 Å². The van der Waals surface area contributed by atoms with Crippen molar-refractivity contribution in [3.63, 3.8) is 0 Å². The van der Waals surface area contributed by atoms with Gasteiger partial charge in [0.05, 0.1) is 7.11 Å². The smallest absolute Gasteiger partial charge is 0.161 e. The van der Waals surface area contributed by atoms with Gasteiger partial charge in [-0.2, -0.15) is 0 Å². The zero-order valence-corrected chi connectivity index (χ0v) is 10.6. The molecule has 96 valence electrons. The molecule has 1 atom stereocenters. The van der Waals surface area contributed by atoms with E-state index in [9.17, 15) is 5.11 Å². The predicted molar refractivity (Wildman–Crippen MR) is 67.6 cm³/mol. The molecule has 4 heteroatoms. The standard InChI is InChI=1S/C13H21NO3/c1-10(2)14-8-11(15)9-17-13-7-5-4-6-12(13)16-3/h4-7,10-11,14-15H,8-9H2,1-3H3/t11-/m0/s1. The summed E-state index contributed by atoms with van der Waals surface area (Å²) in [6.45, 7) is 4.84. The van der Waals surface area contributed by atoms with E-state index in [4.69, 9.17) is 9.47 Å². The molecule has 0 radical (unpaired) electrons. The maximum atomic E-state index is 9.69. The summed E-state index contributed by atoms with van der Waals surface area (Å²) >= 11 is 0. The highest BCUT2D eigenvalue weighted by Gasteiger charge is 2.08. The van der Waals surface area contributed by atoms with Crippen LogP contribution < -0.4 is 14.8 Å². The minimum Gasteiger partial charge on any atom is -0.493 e. The molecule has 1 aromatic rings. The number of rotatable bonds is 7. The fourth-order valence-corrected chi connectivity index (χ4v) is 1.35. The fraction of sp³-hybridized carbons (Fsp3) is 0.538. The van der Waals surface area contributed by atoms with Crippen LogP contribution in [-0.4, -0.2) is 37.5 Å². The van der Waals surface area contributed by atoms with Crippen LogP contribution in [0.2, 0.25) is 0 Å². The van der Waals surface area contributed by atoms with Crippen LogP contribution in [0.1, 0.15) is 13.8 Å². The van der Waals surface area contributed by atoms with Crippen molar-refractivity contribution in [3.05, 3.63) is 24.3 Å². The number of ether oxygens (including phenoxy) is 2. The lowest BCUT2D eigenvalue weighted by Crippen LogP contribution is -2.35. The van der Waals surface area contributed by atoms with Crippen molar-refractivity contribution in [2.75, 3.05) is 20.3 Å². The molecule has 0 heterocycles. The van der Waals surface area contributed by atoms with Gasteiger partial charge in [-0.05, 0) is 12.1 Å². The lowest BCUT2D eigenvalue weighted by molar-refractivity contribution is 0.103. The molecule has 0 amide bonds. The molecule has 4 nitrogen and oxygen atoms in total. The molecule has 0 unspecified atom stereocenters. The summed E-state index contributed by atoms with van der Waals surface area (Å²) in [5.41, 5.74) is 0. The Morgan fingerprint density at radius 3 is 2.47 bits per heavy atom. The Balaban J connectivity index is 2.39. The molecule has 0 bridgehead atoms. The summed E-state index contributed by atoms with van der Waals surface area (Å²) in [4.78, 5) is 0. The van der Waals surface area contributed by atoms with E-state index in [1.165, 1.54) is 0 Å². The lowest BCUT2D eigenvalue weighted by Gasteiger charge is -2.16. The van der Waals surface area contributed by atoms with Gasteiger partial charge in [-0.25, -0.2) is 0 Å². The third kappa shape index (κ3) is 5.06. The molecule has 0 saturated carbocycles. The normalized spacial score (nSPS) is 12.5. The molecule has 0 spiro atoms. The first-order valence-corrected chi connectivity index (χ1v) is 5.80. The lowest BCUT2D eigenvalue weighted by atomic mass is 10.3. The Labute approximate surface area is 103 Å². The molecule has 1 aromatic carbocycles. The zero-order chi connectivity index (χ0) is 12.7. The third-order valence-corrected chi connectivity index (χ3v) is 2.26. The molecule has 17 heavy (non-hydrogen) atoms. The second-order valence-electron chi connectivity index (χ2n) is 4.18. The molecule has 0 saturated heterocycles. The number of nitrogens with one attached hydrogen (secondary N) is 1. The van der Waals surface area contributed by atoms with Crippen LogP contribution in [0.4, 0.5) is 0 Å². The molecule has 0 aromatic heterocycles. The molecule has 0 aliphatic heterocycles. The second kappa shape index (κ2) is 7.14. The van der Waals surface area contributed by atoms with Crippen LogP contribution in [-0.2, 0) is 0 Å². The SMILES string of the molecule is COc1ccccc1OC[C@@H](O)CNC(C)C. The largest absolute Gasteiger partial charge is 0.493 e. The van der Waals surface area contributed by atoms with Crippen LogP contribution in [0.3, 0.4) is 0 Å². The summed E-state index contributed by atoms with van der Waals surface area (Å²) < 4.78 is 10.7. The zero-order valence-electron chi connectivity index (χ0n) is 10.6. The number of hydrogen-bond acceptors (Lipinski definition) is 4. The molecule has 0 aliphatic carbocycles. The fourth-order valence-electron chi connectivity index (χ4n) is 1.35. The summed E-state index contributed by atoms with van der Waals surface area (Å²) in [6, 6.07) is 7.75. The highest BCUT2D eigenvalue weighted by Crippen LogP contribution is 2.25. The first kappa shape index (κ1) is 13.8. The Kier molecular flexibility index (Phi) is 5.80. The average Bonchev–Trinajstić information content (AvgIpc) is 2.34. The van der Waals surface area contributed by atoms with E-state index >= 15 is 0 Å². The van der Waals surface area contributed by atoms with Crippen molar-refractivity contribution in [1.29, 1.82) is 0 Å². The summed E-state index contributed by atoms with van der Waals surface area (Å²) in [5.74, 6) is 1.33. The van der Waals surface area contributed by atoms with Gasteiger partial charge in [-0.15, -0.1) is 0 Å². The predicted octanol–water partition coefficient (Wildman–Crippen LogP) is 1.43. The Morgan fingerprint density at radius 1 is 1.24 bits per heavy atom. The van der Waals surface area contributed by atoms with E-state index < -0.39 is 6.10 Å². The Bertz CT molecular complexity index is 328. The quantitative estimate of drug-likeness (QED) is 0.756. The first-order valence-electron chi connectivity index (χ1n) is 5.80. The topological polar surface area (TPSA) is 50.7 Å². The van der Waals surface area contributed by atoms with Gasteiger partial charge in [0.1, 0.15) is 12.7 Å². The van der Waals surface area contributed by atoms with Gasteiger partial charge in [0.25, 0.3) is 0 Å². The van der Waals surface area contributed by atoms with Gasteiger partial charge in [-0.1, -0.05) is 26.0 Å². The third-order valence-electron chi connectivity index (χ3n) is 2.26. The Morgan fingerprint density at radius 2 is 1.88 bits per heavy atom. The van der Waals surface area contributed by atoms with E-state index in [1.807, 2.05) is 38.1 Å². The minimum atomic E-state index is -0.526. The number of benzene rings is 1. The highest BCUT2D eigenvalue weighted by molar-refractivity contribution is 5.39. The maximum Gasteiger partial charge on any atom is 0.161 e. The van der Waals surface area contributed by atoms with Crippen molar-refractivity contribution >= 4 is 0 Å². The molecular weight excluding hydrogens is 218 g/mol. The van der Waals surface area contributed by atoms with Crippen molar-refractivity contribution < 1.29 is 14.6 Å². The summed E-state index contributed by atoms with van der Waals surface area (Å²) in [5, 5.41) is 12.8.